The summed E-state index contributed by atoms with van der Waals surface area (Å²) in [5.41, 5.74) is 9.34. The number of anilines is 1. The Morgan fingerprint density at radius 2 is 2.24 bits per heavy atom. The van der Waals surface area contributed by atoms with Gasteiger partial charge in [0.25, 0.3) is 0 Å². The van der Waals surface area contributed by atoms with Gasteiger partial charge in [0.15, 0.2) is 0 Å². The zero-order valence-corrected chi connectivity index (χ0v) is 9.32. The summed E-state index contributed by atoms with van der Waals surface area (Å²) >= 11 is 0. The molecule has 0 bridgehead atoms. The van der Waals surface area contributed by atoms with Gasteiger partial charge < -0.3 is 15.5 Å². The second kappa shape index (κ2) is 3.55. The fourth-order valence-electron chi connectivity index (χ4n) is 1.94. The molecule has 1 aromatic carbocycles. The smallest absolute Gasteiger partial charge is 0.119 e. The van der Waals surface area contributed by atoms with Gasteiger partial charge in [0.1, 0.15) is 5.75 Å². The molecule has 3 rings (SSSR count). The number of nitrogens with two attached hydrogens (primary N) is 1. The number of aromatic amines is 2. The number of methoxy groups -OCH3 is 1. The molecule has 0 atom stereocenters. The summed E-state index contributed by atoms with van der Waals surface area (Å²) in [6.45, 7) is 0. The zero-order chi connectivity index (χ0) is 11.8. The van der Waals surface area contributed by atoms with Gasteiger partial charge in [-0.15, -0.1) is 0 Å². The zero-order valence-electron chi connectivity index (χ0n) is 9.32. The molecule has 2 aromatic heterocycles. The molecule has 3 aromatic rings. The number of nitrogens with zero attached hydrogens (tertiary/aromatic N) is 1. The Bertz CT molecular complexity index is 668. The van der Waals surface area contributed by atoms with Crippen LogP contribution in [0, 0.1) is 0 Å². The van der Waals surface area contributed by atoms with Crippen LogP contribution in [0.5, 0.6) is 5.75 Å². The third kappa shape index (κ3) is 1.44. The fraction of sp³-hybridized carbons (Fsp3) is 0.0833. The van der Waals surface area contributed by atoms with Crippen molar-refractivity contribution in [2.75, 3.05) is 12.8 Å². The van der Waals surface area contributed by atoms with Crippen molar-refractivity contribution < 1.29 is 4.74 Å². The lowest BCUT2D eigenvalue weighted by Crippen LogP contribution is -1.86. The largest absolute Gasteiger partial charge is 0.497 e. The first-order chi connectivity index (χ1) is 8.29. The van der Waals surface area contributed by atoms with Gasteiger partial charge in [-0.25, -0.2) is 0 Å². The highest BCUT2D eigenvalue weighted by molar-refractivity contribution is 5.97. The van der Waals surface area contributed by atoms with E-state index >= 15 is 0 Å². The first-order valence-corrected chi connectivity index (χ1v) is 5.24. The van der Waals surface area contributed by atoms with E-state index in [1.165, 1.54) is 0 Å². The maximum Gasteiger partial charge on any atom is 0.119 e. The topological polar surface area (TPSA) is 79.7 Å². The van der Waals surface area contributed by atoms with E-state index in [9.17, 15) is 0 Å². The van der Waals surface area contributed by atoms with Crippen molar-refractivity contribution in [1.82, 2.24) is 15.2 Å². The first-order valence-electron chi connectivity index (χ1n) is 5.24. The van der Waals surface area contributed by atoms with E-state index < -0.39 is 0 Å². The van der Waals surface area contributed by atoms with Crippen LogP contribution in [0.1, 0.15) is 0 Å². The molecule has 4 N–H and O–H groups in total. The number of rotatable bonds is 2. The normalized spacial score (nSPS) is 10.9. The molecule has 0 spiro atoms. The molecule has 0 aliphatic rings. The summed E-state index contributed by atoms with van der Waals surface area (Å²) in [7, 11) is 1.65. The summed E-state index contributed by atoms with van der Waals surface area (Å²) in [4.78, 5) is 3.20. The minimum absolute atomic E-state index is 0.633. The molecule has 0 fully saturated rings. The molecule has 0 aliphatic heterocycles. The van der Waals surface area contributed by atoms with Gasteiger partial charge in [0, 0.05) is 22.7 Å². The number of fused-ring (bicyclic) bond motifs is 1. The van der Waals surface area contributed by atoms with Crippen LogP contribution in [0.4, 0.5) is 5.69 Å². The molecule has 0 aliphatic carbocycles. The van der Waals surface area contributed by atoms with Crippen molar-refractivity contribution in [2.24, 2.45) is 0 Å². The third-order valence-corrected chi connectivity index (χ3v) is 2.83. The molecular weight excluding hydrogens is 216 g/mol. The van der Waals surface area contributed by atoms with E-state index in [-0.39, 0.29) is 0 Å². The number of hydrogen-bond donors (Lipinski definition) is 3. The highest BCUT2D eigenvalue weighted by Crippen LogP contribution is 2.32. The fourth-order valence-corrected chi connectivity index (χ4v) is 1.94. The monoisotopic (exact) mass is 228 g/mol. The predicted octanol–water partition coefficient (Wildman–Crippen LogP) is 2.15. The van der Waals surface area contributed by atoms with Crippen LogP contribution >= 0.6 is 0 Å². The Balaban J connectivity index is 2.27. The van der Waals surface area contributed by atoms with Crippen LogP contribution in [0.25, 0.3) is 22.2 Å². The van der Waals surface area contributed by atoms with E-state index in [1.807, 2.05) is 24.4 Å². The second-order valence-corrected chi connectivity index (χ2v) is 3.81. The molecule has 0 saturated carbocycles. The van der Waals surface area contributed by atoms with Crippen LogP contribution in [-0.4, -0.2) is 22.3 Å². The second-order valence-electron chi connectivity index (χ2n) is 3.81. The van der Waals surface area contributed by atoms with Crippen molar-refractivity contribution in [3.63, 3.8) is 0 Å². The Labute approximate surface area is 97.6 Å². The Morgan fingerprint density at radius 1 is 1.35 bits per heavy atom. The van der Waals surface area contributed by atoms with Gasteiger partial charge in [-0.1, -0.05) is 0 Å². The molecule has 5 heteroatoms. The minimum Gasteiger partial charge on any atom is -0.497 e. The number of nitrogens with one attached hydrogen (secondary N) is 2. The first kappa shape index (κ1) is 9.77. The Hall–Kier alpha value is -2.43. The number of hydrogen-bond acceptors (Lipinski definition) is 3. The Morgan fingerprint density at radius 3 is 2.94 bits per heavy atom. The van der Waals surface area contributed by atoms with Gasteiger partial charge in [-0.05, 0) is 18.2 Å². The lowest BCUT2D eigenvalue weighted by Gasteiger charge is -2.01. The van der Waals surface area contributed by atoms with Crippen molar-refractivity contribution in [1.29, 1.82) is 0 Å². The van der Waals surface area contributed by atoms with E-state index in [0.29, 0.717) is 5.69 Å². The van der Waals surface area contributed by atoms with Gasteiger partial charge in [-0.3, -0.25) is 5.10 Å². The number of benzene rings is 1. The number of aromatic nitrogens is 3. The molecule has 5 nitrogen and oxygen atoms in total. The predicted molar refractivity (Wildman–Crippen MR) is 66.8 cm³/mol. The van der Waals surface area contributed by atoms with Crippen LogP contribution < -0.4 is 10.5 Å². The number of H-pyrrole nitrogens is 2. The van der Waals surface area contributed by atoms with Crippen molar-refractivity contribution in [2.45, 2.75) is 0 Å². The lowest BCUT2D eigenvalue weighted by atomic mass is 10.1. The summed E-state index contributed by atoms with van der Waals surface area (Å²) < 4.78 is 5.22. The van der Waals surface area contributed by atoms with Crippen LogP contribution in [0.2, 0.25) is 0 Å². The summed E-state index contributed by atoms with van der Waals surface area (Å²) in [6, 6.07) is 5.87. The summed E-state index contributed by atoms with van der Waals surface area (Å²) in [5.74, 6) is 0.816. The quantitative estimate of drug-likeness (QED) is 0.628. The van der Waals surface area contributed by atoms with E-state index in [0.717, 1.165) is 27.9 Å². The van der Waals surface area contributed by atoms with Crippen LogP contribution in [-0.2, 0) is 0 Å². The molecular formula is C12H12N4O. The Kier molecular flexibility index (Phi) is 2.04. The molecule has 86 valence electrons. The van der Waals surface area contributed by atoms with Gasteiger partial charge in [0.05, 0.1) is 24.7 Å². The maximum atomic E-state index is 5.85. The summed E-state index contributed by atoms with van der Waals surface area (Å²) in [6.07, 6.45) is 3.52. The van der Waals surface area contributed by atoms with Gasteiger partial charge in [0.2, 0.25) is 0 Å². The van der Waals surface area contributed by atoms with Crippen LogP contribution in [0.3, 0.4) is 0 Å². The molecule has 0 unspecified atom stereocenters. The average molecular weight is 228 g/mol. The van der Waals surface area contributed by atoms with Gasteiger partial charge in [-0.2, -0.15) is 5.10 Å². The van der Waals surface area contributed by atoms with Crippen LogP contribution in [0.15, 0.2) is 30.6 Å². The standard InChI is InChI=1S/C12H12N4O/c1-17-7-2-3-11-8(4-7)9(5-14-11)12-10(13)6-15-16-12/h2-6,14H,13H2,1H3,(H,15,16). The van der Waals surface area contributed by atoms with E-state index in [4.69, 9.17) is 10.5 Å². The molecule has 2 heterocycles. The SMILES string of the molecule is COc1ccc2[nH]cc(-c3[nH]ncc3N)c2c1. The van der Waals surface area contributed by atoms with E-state index in [2.05, 4.69) is 15.2 Å². The number of ether oxygens (including phenoxy) is 1. The van der Waals surface area contributed by atoms with E-state index in [1.54, 1.807) is 13.3 Å². The molecule has 0 radical (unpaired) electrons. The average Bonchev–Trinajstić information content (AvgIpc) is 2.94. The van der Waals surface area contributed by atoms with Crippen molar-refractivity contribution in [3.05, 3.63) is 30.6 Å². The highest BCUT2D eigenvalue weighted by Gasteiger charge is 2.11. The molecule has 0 saturated heterocycles. The molecule has 17 heavy (non-hydrogen) atoms. The molecule has 0 amide bonds. The minimum atomic E-state index is 0.633. The van der Waals surface area contributed by atoms with Gasteiger partial charge >= 0.3 is 0 Å². The van der Waals surface area contributed by atoms with Crippen molar-refractivity contribution in [3.8, 4) is 17.0 Å². The summed E-state index contributed by atoms with van der Waals surface area (Å²) in [5, 5.41) is 7.89. The highest BCUT2D eigenvalue weighted by atomic mass is 16.5. The lowest BCUT2D eigenvalue weighted by molar-refractivity contribution is 0.415. The third-order valence-electron chi connectivity index (χ3n) is 2.83. The van der Waals surface area contributed by atoms with Crippen molar-refractivity contribution >= 4 is 16.6 Å². The number of nitrogen functional groups attached to an aromatic ring is 1. The maximum absolute atomic E-state index is 5.85.